The number of benzene rings is 2. The van der Waals surface area contributed by atoms with Crippen LogP contribution in [0.3, 0.4) is 0 Å². The van der Waals surface area contributed by atoms with Gasteiger partial charge in [0.25, 0.3) is 5.91 Å². The lowest BCUT2D eigenvalue weighted by molar-refractivity contribution is -0.141. The average Bonchev–Trinajstić information content (AvgIpc) is 3.05. The molecule has 0 bridgehead atoms. The molecule has 0 aliphatic heterocycles. The Bertz CT molecular complexity index is 1130. The number of ether oxygens (including phenoxy) is 1. The summed E-state index contributed by atoms with van der Waals surface area (Å²) in [6, 6.07) is 15.1. The number of rotatable bonds is 7. The van der Waals surface area contributed by atoms with Crippen molar-refractivity contribution in [2.75, 3.05) is 13.2 Å². The van der Waals surface area contributed by atoms with Gasteiger partial charge in [-0.2, -0.15) is 0 Å². The first kappa shape index (κ1) is 22.0. The summed E-state index contributed by atoms with van der Waals surface area (Å²) < 4.78 is 20.6. The third-order valence-corrected chi connectivity index (χ3v) is 4.90. The summed E-state index contributed by atoms with van der Waals surface area (Å²) in [4.78, 5) is 36.5. The number of ketones is 1. The van der Waals surface area contributed by atoms with Crippen molar-refractivity contribution in [3.05, 3.63) is 88.5 Å². The first-order valence-electron chi connectivity index (χ1n) is 9.75. The van der Waals surface area contributed by atoms with Crippen LogP contribution in [0, 0.1) is 26.6 Å². The van der Waals surface area contributed by atoms with E-state index in [1.54, 1.807) is 6.07 Å². The van der Waals surface area contributed by atoms with Gasteiger partial charge in [-0.15, -0.1) is 0 Å². The van der Waals surface area contributed by atoms with Crippen molar-refractivity contribution in [2.45, 2.75) is 20.8 Å². The van der Waals surface area contributed by atoms with Gasteiger partial charge in [-0.3, -0.25) is 14.4 Å². The van der Waals surface area contributed by atoms with Crippen LogP contribution in [0.1, 0.15) is 37.7 Å². The second-order valence-electron chi connectivity index (χ2n) is 7.20. The van der Waals surface area contributed by atoms with Gasteiger partial charge < -0.3 is 14.6 Å². The largest absolute Gasteiger partial charge is 0.456 e. The molecule has 0 atom stereocenters. The third kappa shape index (κ3) is 5.06. The van der Waals surface area contributed by atoms with E-state index in [1.807, 2.05) is 49.6 Å². The molecule has 0 aliphatic rings. The van der Waals surface area contributed by atoms with E-state index >= 15 is 0 Å². The minimum absolute atomic E-state index is 0.171. The standard InChI is InChI=1S/C24H23FN2O4/c1-15-8-10-18(11-9-15)27-16(2)12-20(17(27)3)22(28)14-31-23(29)13-26-24(30)19-6-4-5-7-21(19)25/h4-12H,13-14H2,1-3H3,(H,26,30). The topological polar surface area (TPSA) is 77.4 Å². The fourth-order valence-corrected chi connectivity index (χ4v) is 3.30. The van der Waals surface area contributed by atoms with Gasteiger partial charge in [0.1, 0.15) is 12.4 Å². The van der Waals surface area contributed by atoms with Gasteiger partial charge in [-0.1, -0.05) is 29.8 Å². The molecule has 0 saturated carbocycles. The number of carbonyl (C=O) groups is 3. The van der Waals surface area contributed by atoms with E-state index in [-0.39, 0.29) is 11.3 Å². The Kier molecular flexibility index (Phi) is 6.65. The second kappa shape index (κ2) is 9.38. The van der Waals surface area contributed by atoms with Crippen LogP contribution in [0.2, 0.25) is 0 Å². The summed E-state index contributed by atoms with van der Waals surface area (Å²) in [5.41, 5.74) is 3.99. The van der Waals surface area contributed by atoms with Gasteiger partial charge in [-0.25, -0.2) is 4.39 Å². The van der Waals surface area contributed by atoms with Gasteiger partial charge >= 0.3 is 5.97 Å². The number of aromatic nitrogens is 1. The second-order valence-corrected chi connectivity index (χ2v) is 7.20. The van der Waals surface area contributed by atoms with Gasteiger partial charge in [0.15, 0.2) is 6.61 Å². The Hall–Kier alpha value is -3.74. The highest BCUT2D eigenvalue weighted by Gasteiger charge is 2.19. The number of Topliss-reactive ketones (excluding diaryl/α,β-unsaturated/α-hetero) is 1. The molecule has 1 amide bonds. The van der Waals surface area contributed by atoms with Crippen LogP contribution in [0.15, 0.2) is 54.6 Å². The van der Waals surface area contributed by atoms with Crippen LogP contribution in [-0.2, 0) is 9.53 Å². The Balaban J connectivity index is 1.59. The average molecular weight is 422 g/mol. The monoisotopic (exact) mass is 422 g/mol. The Morgan fingerprint density at radius 2 is 1.65 bits per heavy atom. The molecule has 7 heteroatoms. The molecule has 0 spiro atoms. The molecule has 0 fully saturated rings. The van der Waals surface area contributed by atoms with Gasteiger partial charge in [-0.05, 0) is 51.1 Å². The van der Waals surface area contributed by atoms with Crippen molar-refractivity contribution < 1.29 is 23.5 Å². The lowest BCUT2D eigenvalue weighted by Crippen LogP contribution is -2.32. The SMILES string of the molecule is Cc1ccc(-n2c(C)cc(C(=O)COC(=O)CNC(=O)c3ccccc3F)c2C)cc1. The first-order valence-corrected chi connectivity index (χ1v) is 9.75. The van der Waals surface area contributed by atoms with Crippen LogP contribution < -0.4 is 5.32 Å². The minimum Gasteiger partial charge on any atom is -0.456 e. The summed E-state index contributed by atoms with van der Waals surface area (Å²) in [6.45, 7) is 4.81. The van der Waals surface area contributed by atoms with Crippen LogP contribution in [-0.4, -0.2) is 35.4 Å². The molecule has 160 valence electrons. The van der Waals surface area contributed by atoms with E-state index in [2.05, 4.69) is 5.32 Å². The van der Waals surface area contributed by atoms with E-state index in [1.165, 1.54) is 18.2 Å². The normalized spacial score (nSPS) is 10.6. The molecule has 1 N–H and O–H groups in total. The molecular formula is C24H23FN2O4. The van der Waals surface area contributed by atoms with Crippen molar-refractivity contribution in [2.24, 2.45) is 0 Å². The lowest BCUT2D eigenvalue weighted by atomic mass is 10.1. The number of amides is 1. The number of hydrogen-bond donors (Lipinski definition) is 1. The molecule has 0 aliphatic carbocycles. The number of hydrogen-bond acceptors (Lipinski definition) is 4. The fourth-order valence-electron chi connectivity index (χ4n) is 3.30. The number of carbonyl (C=O) groups excluding carboxylic acids is 3. The van der Waals surface area contributed by atoms with Gasteiger partial charge in [0.2, 0.25) is 5.78 Å². The number of aryl methyl sites for hydroxylation is 2. The number of halogens is 1. The van der Waals surface area contributed by atoms with Crippen LogP contribution >= 0.6 is 0 Å². The molecule has 1 aromatic heterocycles. The van der Waals surface area contributed by atoms with Crippen molar-refractivity contribution in [1.82, 2.24) is 9.88 Å². The molecule has 3 aromatic rings. The van der Waals surface area contributed by atoms with Gasteiger partial charge in [0.05, 0.1) is 5.56 Å². The Morgan fingerprint density at radius 3 is 2.32 bits per heavy atom. The number of esters is 1. The molecule has 6 nitrogen and oxygen atoms in total. The number of nitrogens with zero attached hydrogens (tertiary/aromatic N) is 1. The quantitative estimate of drug-likeness (QED) is 0.465. The fraction of sp³-hybridized carbons (Fsp3) is 0.208. The van der Waals surface area contributed by atoms with Crippen molar-refractivity contribution in [3.8, 4) is 5.69 Å². The van der Waals surface area contributed by atoms with Crippen LogP contribution in [0.25, 0.3) is 5.69 Å². The predicted molar refractivity (Wildman–Crippen MR) is 114 cm³/mol. The Morgan fingerprint density at radius 1 is 0.968 bits per heavy atom. The van der Waals surface area contributed by atoms with Crippen molar-refractivity contribution >= 4 is 17.7 Å². The van der Waals surface area contributed by atoms with Crippen LogP contribution in [0.4, 0.5) is 4.39 Å². The highest BCUT2D eigenvalue weighted by molar-refractivity contribution is 6.00. The molecule has 0 saturated heterocycles. The summed E-state index contributed by atoms with van der Waals surface area (Å²) in [5.74, 6) is -2.55. The predicted octanol–water partition coefficient (Wildman–Crippen LogP) is 3.70. The van der Waals surface area contributed by atoms with Gasteiger partial charge in [0, 0.05) is 22.6 Å². The lowest BCUT2D eigenvalue weighted by Gasteiger charge is -2.10. The first-order chi connectivity index (χ1) is 14.8. The highest BCUT2D eigenvalue weighted by atomic mass is 19.1. The van der Waals surface area contributed by atoms with E-state index in [9.17, 15) is 18.8 Å². The zero-order chi connectivity index (χ0) is 22.5. The molecule has 1 heterocycles. The van der Waals surface area contributed by atoms with E-state index in [0.29, 0.717) is 5.56 Å². The molecule has 0 radical (unpaired) electrons. The minimum atomic E-state index is -0.787. The zero-order valence-electron chi connectivity index (χ0n) is 17.6. The van der Waals surface area contributed by atoms with E-state index in [0.717, 1.165) is 28.7 Å². The molecule has 3 rings (SSSR count). The summed E-state index contributed by atoms with van der Waals surface area (Å²) in [5, 5.41) is 2.28. The molecular weight excluding hydrogens is 399 g/mol. The third-order valence-electron chi connectivity index (χ3n) is 4.90. The maximum absolute atomic E-state index is 13.6. The van der Waals surface area contributed by atoms with Crippen molar-refractivity contribution in [3.63, 3.8) is 0 Å². The maximum Gasteiger partial charge on any atom is 0.325 e. The molecule has 31 heavy (non-hydrogen) atoms. The molecule has 2 aromatic carbocycles. The summed E-state index contributed by atoms with van der Waals surface area (Å²) in [7, 11) is 0. The van der Waals surface area contributed by atoms with Crippen molar-refractivity contribution in [1.29, 1.82) is 0 Å². The highest BCUT2D eigenvalue weighted by Crippen LogP contribution is 2.21. The number of nitrogens with one attached hydrogen (secondary N) is 1. The molecule has 0 unspecified atom stereocenters. The van der Waals surface area contributed by atoms with E-state index < -0.39 is 30.8 Å². The maximum atomic E-state index is 13.6. The smallest absolute Gasteiger partial charge is 0.325 e. The van der Waals surface area contributed by atoms with E-state index in [4.69, 9.17) is 4.74 Å². The summed E-state index contributed by atoms with van der Waals surface area (Å²) >= 11 is 0. The zero-order valence-corrected chi connectivity index (χ0v) is 17.6. The Labute approximate surface area is 179 Å². The van der Waals surface area contributed by atoms with Crippen LogP contribution in [0.5, 0.6) is 0 Å². The summed E-state index contributed by atoms with van der Waals surface area (Å²) in [6.07, 6.45) is 0.